The van der Waals surface area contributed by atoms with Crippen molar-refractivity contribution in [3.8, 4) is 0 Å². The van der Waals surface area contributed by atoms with Crippen LogP contribution in [0.4, 0.5) is 10.5 Å². The highest BCUT2D eigenvalue weighted by Gasteiger charge is 2.05. The molecule has 0 saturated carbocycles. The number of carbonyl (C=O) groups is 1. The molecular weight excluding hydrogens is 218 g/mol. The van der Waals surface area contributed by atoms with Gasteiger partial charge in [0, 0.05) is 30.7 Å². The second kappa shape index (κ2) is 6.85. The van der Waals surface area contributed by atoms with Gasteiger partial charge in [-0.15, -0.1) is 0 Å². The Morgan fingerprint density at radius 3 is 3.00 bits per heavy atom. The van der Waals surface area contributed by atoms with Crippen LogP contribution in [-0.2, 0) is 0 Å². The Bertz CT molecular complexity index is 369. The molecular formula is C12H19N3O2. The highest BCUT2D eigenvalue weighted by atomic mass is 16.3. The van der Waals surface area contributed by atoms with E-state index in [1.807, 2.05) is 13.8 Å². The maximum Gasteiger partial charge on any atom is 0.319 e. The lowest BCUT2D eigenvalue weighted by atomic mass is 10.1. The number of anilines is 1. The first-order chi connectivity index (χ1) is 8.11. The van der Waals surface area contributed by atoms with Crippen LogP contribution in [0.5, 0.6) is 0 Å². The third kappa shape index (κ3) is 5.31. The molecule has 5 nitrogen and oxygen atoms in total. The van der Waals surface area contributed by atoms with E-state index in [4.69, 9.17) is 5.11 Å². The molecule has 0 bridgehead atoms. The van der Waals surface area contributed by atoms with Crippen LogP contribution in [0.15, 0.2) is 18.3 Å². The topological polar surface area (TPSA) is 74.2 Å². The molecule has 0 aliphatic rings. The summed E-state index contributed by atoms with van der Waals surface area (Å²) in [6, 6.07) is 3.31. The van der Waals surface area contributed by atoms with Gasteiger partial charge in [0.05, 0.1) is 0 Å². The van der Waals surface area contributed by atoms with E-state index in [-0.39, 0.29) is 18.6 Å². The van der Waals surface area contributed by atoms with Gasteiger partial charge >= 0.3 is 6.03 Å². The van der Waals surface area contributed by atoms with Gasteiger partial charge in [-0.2, -0.15) is 0 Å². The van der Waals surface area contributed by atoms with Crippen LogP contribution in [-0.4, -0.2) is 29.3 Å². The number of aryl methyl sites for hydroxylation is 1. The van der Waals surface area contributed by atoms with Crippen LogP contribution in [0.25, 0.3) is 0 Å². The van der Waals surface area contributed by atoms with Crippen molar-refractivity contribution in [3.63, 3.8) is 0 Å². The van der Waals surface area contributed by atoms with Gasteiger partial charge in [-0.25, -0.2) is 4.79 Å². The molecule has 1 unspecified atom stereocenters. The van der Waals surface area contributed by atoms with E-state index in [1.165, 1.54) is 0 Å². The monoisotopic (exact) mass is 237 g/mol. The number of amides is 2. The van der Waals surface area contributed by atoms with Gasteiger partial charge in [-0.3, -0.25) is 4.98 Å². The van der Waals surface area contributed by atoms with Crippen molar-refractivity contribution in [2.24, 2.45) is 5.92 Å². The zero-order valence-corrected chi connectivity index (χ0v) is 10.2. The van der Waals surface area contributed by atoms with E-state index in [2.05, 4.69) is 15.6 Å². The first-order valence-corrected chi connectivity index (χ1v) is 5.70. The highest BCUT2D eigenvalue weighted by molar-refractivity contribution is 5.89. The number of pyridine rings is 1. The summed E-state index contributed by atoms with van der Waals surface area (Å²) in [5, 5.41) is 14.2. The summed E-state index contributed by atoms with van der Waals surface area (Å²) >= 11 is 0. The summed E-state index contributed by atoms with van der Waals surface area (Å²) in [5.74, 6) is 0.268. The summed E-state index contributed by atoms with van der Waals surface area (Å²) in [6.45, 7) is 4.55. The van der Waals surface area contributed by atoms with Crippen LogP contribution < -0.4 is 10.6 Å². The highest BCUT2D eigenvalue weighted by Crippen LogP contribution is 2.06. The average Bonchev–Trinajstić information content (AvgIpc) is 2.27. The minimum absolute atomic E-state index is 0.147. The first-order valence-electron chi connectivity index (χ1n) is 5.70. The summed E-state index contributed by atoms with van der Waals surface area (Å²) in [4.78, 5) is 15.6. The van der Waals surface area contributed by atoms with E-state index < -0.39 is 0 Å². The molecule has 0 aliphatic carbocycles. The third-order valence-electron chi connectivity index (χ3n) is 2.39. The third-order valence-corrected chi connectivity index (χ3v) is 2.39. The van der Waals surface area contributed by atoms with Gasteiger partial charge in [0.25, 0.3) is 0 Å². The molecule has 0 fully saturated rings. The molecule has 0 saturated heterocycles. The lowest BCUT2D eigenvalue weighted by Crippen LogP contribution is -2.32. The van der Waals surface area contributed by atoms with E-state index in [0.717, 1.165) is 11.4 Å². The Morgan fingerprint density at radius 1 is 1.59 bits per heavy atom. The van der Waals surface area contributed by atoms with Gasteiger partial charge in [0.2, 0.25) is 0 Å². The minimum Gasteiger partial charge on any atom is -0.396 e. The fraction of sp³-hybridized carbons (Fsp3) is 0.500. The SMILES string of the molecule is Cc1cc(NC(=O)NCC(C)CCO)ccn1. The molecule has 1 heterocycles. The Kier molecular flexibility index (Phi) is 5.42. The van der Waals surface area contributed by atoms with E-state index in [9.17, 15) is 4.79 Å². The summed E-state index contributed by atoms with van der Waals surface area (Å²) in [7, 11) is 0. The number of urea groups is 1. The number of hydrogen-bond donors (Lipinski definition) is 3. The van der Waals surface area contributed by atoms with Gasteiger partial charge in [-0.05, 0) is 31.4 Å². The number of aliphatic hydroxyl groups excluding tert-OH is 1. The Hall–Kier alpha value is -1.62. The molecule has 5 heteroatoms. The standard InChI is InChI=1S/C12H19N3O2/c1-9(4-6-16)8-14-12(17)15-11-3-5-13-10(2)7-11/h3,5,7,9,16H,4,6,8H2,1-2H3,(H2,13,14,15,17). The van der Waals surface area contributed by atoms with Crippen molar-refractivity contribution in [1.82, 2.24) is 10.3 Å². The largest absolute Gasteiger partial charge is 0.396 e. The molecule has 1 aromatic heterocycles. The maximum absolute atomic E-state index is 11.5. The molecule has 0 spiro atoms. The van der Waals surface area contributed by atoms with Crippen molar-refractivity contribution in [2.45, 2.75) is 20.3 Å². The van der Waals surface area contributed by atoms with Crippen molar-refractivity contribution in [1.29, 1.82) is 0 Å². The summed E-state index contributed by atoms with van der Waals surface area (Å²) in [6.07, 6.45) is 2.34. The molecule has 0 aliphatic heterocycles. The van der Waals surface area contributed by atoms with Gasteiger partial charge in [0.15, 0.2) is 0 Å². The fourth-order valence-corrected chi connectivity index (χ4v) is 1.39. The van der Waals surface area contributed by atoms with Crippen LogP contribution >= 0.6 is 0 Å². The van der Waals surface area contributed by atoms with Crippen molar-refractivity contribution < 1.29 is 9.90 Å². The first kappa shape index (κ1) is 13.4. The Morgan fingerprint density at radius 2 is 2.35 bits per heavy atom. The molecule has 0 aromatic carbocycles. The average molecular weight is 237 g/mol. The predicted molar refractivity (Wildman–Crippen MR) is 66.9 cm³/mol. The van der Waals surface area contributed by atoms with Crippen molar-refractivity contribution >= 4 is 11.7 Å². The van der Waals surface area contributed by atoms with Crippen LogP contribution in [0.3, 0.4) is 0 Å². The normalized spacial score (nSPS) is 11.9. The number of nitrogens with one attached hydrogen (secondary N) is 2. The zero-order chi connectivity index (χ0) is 12.7. The quantitative estimate of drug-likeness (QED) is 0.727. The van der Waals surface area contributed by atoms with Gasteiger partial charge in [0.1, 0.15) is 0 Å². The van der Waals surface area contributed by atoms with Gasteiger partial charge in [-0.1, -0.05) is 6.92 Å². The molecule has 2 amide bonds. The predicted octanol–water partition coefficient (Wildman–Crippen LogP) is 1.53. The lowest BCUT2D eigenvalue weighted by molar-refractivity contribution is 0.243. The second-order valence-corrected chi connectivity index (χ2v) is 4.14. The van der Waals surface area contributed by atoms with Crippen LogP contribution in [0.1, 0.15) is 19.0 Å². The molecule has 1 atom stereocenters. The molecule has 1 aromatic rings. The Labute approximate surface area is 101 Å². The number of aromatic nitrogens is 1. The van der Waals surface area contributed by atoms with Crippen LogP contribution in [0, 0.1) is 12.8 Å². The zero-order valence-electron chi connectivity index (χ0n) is 10.2. The molecule has 17 heavy (non-hydrogen) atoms. The number of aliphatic hydroxyl groups is 1. The van der Waals surface area contributed by atoms with E-state index in [0.29, 0.717) is 13.0 Å². The van der Waals surface area contributed by atoms with Crippen LogP contribution in [0.2, 0.25) is 0 Å². The number of rotatable bonds is 5. The van der Waals surface area contributed by atoms with Crippen molar-refractivity contribution in [2.75, 3.05) is 18.5 Å². The molecule has 1 rings (SSSR count). The smallest absolute Gasteiger partial charge is 0.319 e. The van der Waals surface area contributed by atoms with Gasteiger partial charge < -0.3 is 15.7 Å². The molecule has 0 radical (unpaired) electrons. The maximum atomic E-state index is 11.5. The minimum atomic E-state index is -0.236. The second-order valence-electron chi connectivity index (χ2n) is 4.14. The number of hydrogen-bond acceptors (Lipinski definition) is 3. The summed E-state index contributed by atoms with van der Waals surface area (Å²) in [5.41, 5.74) is 1.58. The fourth-order valence-electron chi connectivity index (χ4n) is 1.39. The van der Waals surface area contributed by atoms with E-state index in [1.54, 1.807) is 18.3 Å². The Balaban J connectivity index is 2.34. The molecule has 94 valence electrons. The molecule has 3 N–H and O–H groups in total. The van der Waals surface area contributed by atoms with Crippen molar-refractivity contribution in [3.05, 3.63) is 24.0 Å². The number of nitrogens with zero attached hydrogens (tertiary/aromatic N) is 1. The number of carbonyl (C=O) groups excluding carboxylic acids is 1. The van der Waals surface area contributed by atoms with E-state index >= 15 is 0 Å². The summed E-state index contributed by atoms with van der Waals surface area (Å²) < 4.78 is 0. The lowest BCUT2D eigenvalue weighted by Gasteiger charge is -2.12.